The van der Waals surface area contributed by atoms with Gasteiger partial charge in [0.1, 0.15) is 11.5 Å². The van der Waals surface area contributed by atoms with Gasteiger partial charge in [-0.3, -0.25) is 0 Å². The number of para-hydroxylation sites is 1. The van der Waals surface area contributed by atoms with Gasteiger partial charge in [-0.05, 0) is 30.7 Å². The highest BCUT2D eigenvalue weighted by Crippen LogP contribution is 2.27. The molecule has 0 saturated carbocycles. The quantitative estimate of drug-likeness (QED) is 0.771. The standard InChI is InChI=1S/C18H21F2NO3/c1-12(15-8-3-4-9-17(15)24-18(19)20)21-11-16(22)13-6-5-7-14(10-13)23-2/h3-10,12,16,18,21-22H,11H2,1-2H3. The van der Waals surface area contributed by atoms with Crippen LogP contribution in [0.15, 0.2) is 48.5 Å². The number of alkyl halides is 2. The van der Waals surface area contributed by atoms with Crippen molar-refractivity contribution in [1.82, 2.24) is 5.32 Å². The topological polar surface area (TPSA) is 50.7 Å². The van der Waals surface area contributed by atoms with Gasteiger partial charge >= 0.3 is 6.61 Å². The molecule has 0 bridgehead atoms. The first-order valence-corrected chi connectivity index (χ1v) is 7.60. The predicted molar refractivity (Wildman–Crippen MR) is 87.4 cm³/mol. The second-order valence-electron chi connectivity index (χ2n) is 5.34. The Morgan fingerprint density at radius 2 is 1.88 bits per heavy atom. The van der Waals surface area contributed by atoms with Crippen LogP contribution in [0.4, 0.5) is 8.78 Å². The highest BCUT2D eigenvalue weighted by Gasteiger charge is 2.16. The van der Waals surface area contributed by atoms with E-state index in [0.29, 0.717) is 16.9 Å². The van der Waals surface area contributed by atoms with Gasteiger partial charge in [0.15, 0.2) is 0 Å². The number of methoxy groups -OCH3 is 1. The van der Waals surface area contributed by atoms with Crippen molar-refractivity contribution in [2.45, 2.75) is 25.7 Å². The normalized spacial score (nSPS) is 13.6. The van der Waals surface area contributed by atoms with Crippen LogP contribution in [0.5, 0.6) is 11.5 Å². The summed E-state index contributed by atoms with van der Waals surface area (Å²) in [4.78, 5) is 0. The molecule has 0 aromatic heterocycles. The number of benzene rings is 2. The van der Waals surface area contributed by atoms with Crippen LogP contribution in [0.25, 0.3) is 0 Å². The first kappa shape index (κ1) is 18.2. The van der Waals surface area contributed by atoms with Crippen LogP contribution >= 0.6 is 0 Å². The van der Waals surface area contributed by atoms with Gasteiger partial charge in [0.25, 0.3) is 0 Å². The second-order valence-corrected chi connectivity index (χ2v) is 5.34. The monoisotopic (exact) mass is 337 g/mol. The average Bonchev–Trinajstić information content (AvgIpc) is 2.59. The molecule has 0 amide bonds. The van der Waals surface area contributed by atoms with Gasteiger partial charge in [-0.25, -0.2) is 0 Å². The molecule has 2 unspecified atom stereocenters. The van der Waals surface area contributed by atoms with Crippen molar-refractivity contribution in [2.75, 3.05) is 13.7 Å². The molecule has 0 aliphatic heterocycles. The van der Waals surface area contributed by atoms with Crippen molar-refractivity contribution in [3.8, 4) is 11.5 Å². The third kappa shape index (κ3) is 4.91. The largest absolute Gasteiger partial charge is 0.497 e. The Labute approximate surface area is 140 Å². The summed E-state index contributed by atoms with van der Waals surface area (Å²) < 4.78 is 34.6. The summed E-state index contributed by atoms with van der Waals surface area (Å²) in [5, 5.41) is 13.4. The lowest BCUT2D eigenvalue weighted by Crippen LogP contribution is -2.25. The van der Waals surface area contributed by atoms with Crippen molar-refractivity contribution < 1.29 is 23.4 Å². The molecule has 0 aliphatic carbocycles. The molecule has 6 heteroatoms. The molecule has 2 rings (SSSR count). The van der Waals surface area contributed by atoms with E-state index in [1.165, 1.54) is 6.07 Å². The van der Waals surface area contributed by atoms with Crippen LogP contribution in [-0.4, -0.2) is 25.4 Å². The Bertz CT molecular complexity index is 652. The van der Waals surface area contributed by atoms with E-state index in [4.69, 9.17) is 4.74 Å². The first-order chi connectivity index (χ1) is 11.5. The average molecular weight is 337 g/mol. The van der Waals surface area contributed by atoms with Crippen molar-refractivity contribution in [1.29, 1.82) is 0 Å². The van der Waals surface area contributed by atoms with Gasteiger partial charge in [0.05, 0.1) is 13.2 Å². The molecule has 0 saturated heterocycles. The Hall–Kier alpha value is -2.18. The van der Waals surface area contributed by atoms with E-state index in [-0.39, 0.29) is 18.3 Å². The Kier molecular flexibility index (Phi) is 6.52. The Balaban J connectivity index is 2.01. The van der Waals surface area contributed by atoms with E-state index < -0.39 is 12.7 Å². The zero-order chi connectivity index (χ0) is 17.5. The number of rotatable bonds is 8. The van der Waals surface area contributed by atoms with Crippen LogP contribution in [-0.2, 0) is 0 Å². The SMILES string of the molecule is COc1cccc(C(O)CNC(C)c2ccccc2OC(F)F)c1. The molecular weight excluding hydrogens is 316 g/mol. The minimum atomic E-state index is -2.87. The van der Waals surface area contributed by atoms with E-state index in [0.717, 1.165) is 0 Å². The van der Waals surface area contributed by atoms with Gasteiger partial charge < -0.3 is 19.9 Å². The summed E-state index contributed by atoms with van der Waals surface area (Å²) in [7, 11) is 1.56. The Morgan fingerprint density at radius 1 is 1.12 bits per heavy atom. The van der Waals surface area contributed by atoms with Crippen LogP contribution < -0.4 is 14.8 Å². The van der Waals surface area contributed by atoms with E-state index in [2.05, 4.69) is 10.1 Å². The minimum absolute atomic E-state index is 0.128. The highest BCUT2D eigenvalue weighted by atomic mass is 19.3. The number of aliphatic hydroxyl groups excluding tert-OH is 1. The van der Waals surface area contributed by atoms with Gasteiger partial charge in [0, 0.05) is 18.2 Å². The minimum Gasteiger partial charge on any atom is -0.497 e. The lowest BCUT2D eigenvalue weighted by atomic mass is 10.1. The maximum absolute atomic E-state index is 12.5. The van der Waals surface area contributed by atoms with Crippen molar-refractivity contribution in [2.24, 2.45) is 0 Å². The maximum atomic E-state index is 12.5. The summed E-state index contributed by atoms with van der Waals surface area (Å²) in [5.41, 5.74) is 1.32. The molecule has 24 heavy (non-hydrogen) atoms. The fourth-order valence-corrected chi connectivity index (χ4v) is 2.41. The predicted octanol–water partition coefficient (Wildman–Crippen LogP) is 3.68. The smallest absolute Gasteiger partial charge is 0.387 e. The highest BCUT2D eigenvalue weighted by molar-refractivity contribution is 5.36. The van der Waals surface area contributed by atoms with Crippen LogP contribution in [0, 0.1) is 0 Å². The maximum Gasteiger partial charge on any atom is 0.387 e. The Morgan fingerprint density at radius 3 is 2.58 bits per heavy atom. The van der Waals surface area contributed by atoms with Crippen LogP contribution in [0.3, 0.4) is 0 Å². The first-order valence-electron chi connectivity index (χ1n) is 7.60. The fraction of sp³-hybridized carbons (Fsp3) is 0.333. The lowest BCUT2D eigenvalue weighted by molar-refractivity contribution is -0.0507. The fourth-order valence-electron chi connectivity index (χ4n) is 2.41. The molecule has 2 N–H and O–H groups in total. The molecule has 0 aliphatic rings. The summed E-state index contributed by atoms with van der Waals surface area (Å²) >= 11 is 0. The summed E-state index contributed by atoms with van der Waals surface area (Å²) in [6, 6.07) is 13.5. The number of hydrogen-bond acceptors (Lipinski definition) is 4. The van der Waals surface area contributed by atoms with Gasteiger partial charge in [0.2, 0.25) is 0 Å². The molecule has 2 atom stereocenters. The molecule has 0 radical (unpaired) electrons. The molecule has 4 nitrogen and oxygen atoms in total. The summed E-state index contributed by atoms with van der Waals surface area (Å²) in [6.07, 6.45) is -0.745. The van der Waals surface area contributed by atoms with Gasteiger partial charge in [-0.2, -0.15) is 8.78 Å². The molecule has 0 fully saturated rings. The van der Waals surface area contributed by atoms with Gasteiger partial charge in [-0.1, -0.05) is 30.3 Å². The molecular formula is C18H21F2NO3. The van der Waals surface area contributed by atoms with E-state index in [1.807, 2.05) is 6.92 Å². The third-order valence-electron chi connectivity index (χ3n) is 3.70. The summed E-state index contributed by atoms with van der Waals surface area (Å²) in [6.45, 7) is -0.788. The number of halogens is 2. The number of aliphatic hydroxyl groups is 1. The number of hydrogen-bond donors (Lipinski definition) is 2. The van der Waals surface area contributed by atoms with Crippen LogP contribution in [0.2, 0.25) is 0 Å². The van der Waals surface area contributed by atoms with Gasteiger partial charge in [-0.15, -0.1) is 0 Å². The van der Waals surface area contributed by atoms with Crippen LogP contribution in [0.1, 0.15) is 30.2 Å². The molecule has 130 valence electrons. The van der Waals surface area contributed by atoms with E-state index >= 15 is 0 Å². The van der Waals surface area contributed by atoms with Crippen molar-refractivity contribution in [3.05, 3.63) is 59.7 Å². The molecule has 0 spiro atoms. The summed E-state index contributed by atoms with van der Waals surface area (Å²) in [5.74, 6) is 0.790. The lowest BCUT2D eigenvalue weighted by Gasteiger charge is -2.20. The number of nitrogens with one attached hydrogen (secondary N) is 1. The van der Waals surface area contributed by atoms with E-state index in [1.54, 1.807) is 49.6 Å². The zero-order valence-electron chi connectivity index (χ0n) is 13.6. The zero-order valence-corrected chi connectivity index (χ0v) is 13.6. The van der Waals surface area contributed by atoms with Crippen molar-refractivity contribution in [3.63, 3.8) is 0 Å². The second kappa shape index (κ2) is 8.61. The van der Waals surface area contributed by atoms with Crippen molar-refractivity contribution >= 4 is 0 Å². The van der Waals surface area contributed by atoms with E-state index in [9.17, 15) is 13.9 Å². The molecule has 2 aromatic rings. The third-order valence-corrected chi connectivity index (χ3v) is 3.70. The number of ether oxygens (including phenoxy) is 2. The molecule has 2 aromatic carbocycles. The molecule has 0 heterocycles.